The Bertz CT molecular complexity index is 515. The number of carbonyl (C=O) groups is 1. The summed E-state index contributed by atoms with van der Waals surface area (Å²) in [5.74, 6) is -0.183. The number of anilines is 1. The molecule has 0 bridgehead atoms. The van der Waals surface area contributed by atoms with E-state index in [2.05, 4.69) is 5.32 Å². The van der Waals surface area contributed by atoms with Gasteiger partial charge in [-0.1, -0.05) is 11.6 Å². The maximum atomic E-state index is 11.8. The van der Waals surface area contributed by atoms with Gasteiger partial charge in [0.1, 0.15) is 5.02 Å². The number of nitrogens with zero attached hydrogens (tertiary/aromatic N) is 1. The molecular formula is C13H15ClN2O4. The first-order valence-corrected chi connectivity index (χ1v) is 6.79. The zero-order valence-electron chi connectivity index (χ0n) is 10.8. The SMILES string of the molecule is O=C(CCC1CCCO1)Nc1ccc(Cl)c([N+](=O)[O-])c1. The number of nitro groups is 1. The van der Waals surface area contributed by atoms with Crippen LogP contribution in [0.1, 0.15) is 25.7 Å². The molecule has 1 amide bonds. The highest BCUT2D eigenvalue weighted by atomic mass is 35.5. The van der Waals surface area contributed by atoms with E-state index in [1.807, 2.05) is 0 Å². The fraction of sp³-hybridized carbons (Fsp3) is 0.462. The molecule has 2 rings (SSSR count). The number of benzene rings is 1. The Balaban J connectivity index is 1.90. The third kappa shape index (κ3) is 3.91. The van der Waals surface area contributed by atoms with Gasteiger partial charge in [0, 0.05) is 24.8 Å². The highest BCUT2D eigenvalue weighted by Gasteiger charge is 2.17. The molecule has 0 radical (unpaired) electrons. The standard InChI is InChI=1S/C13H15ClN2O4/c14-11-5-3-9(8-12(11)16(18)19)15-13(17)6-4-10-2-1-7-20-10/h3,5,8,10H,1-2,4,6-7H2,(H,15,17). The van der Waals surface area contributed by atoms with Crippen LogP contribution in [0.25, 0.3) is 0 Å². The summed E-state index contributed by atoms with van der Waals surface area (Å²) in [6.45, 7) is 0.760. The molecule has 1 aromatic carbocycles. The van der Waals surface area contributed by atoms with E-state index in [-0.39, 0.29) is 22.7 Å². The van der Waals surface area contributed by atoms with E-state index < -0.39 is 4.92 Å². The average Bonchev–Trinajstić information content (AvgIpc) is 2.91. The van der Waals surface area contributed by atoms with E-state index >= 15 is 0 Å². The molecule has 1 N–H and O–H groups in total. The highest BCUT2D eigenvalue weighted by Crippen LogP contribution is 2.27. The van der Waals surface area contributed by atoms with Crippen LogP contribution in [0.2, 0.25) is 5.02 Å². The summed E-state index contributed by atoms with van der Waals surface area (Å²) in [6, 6.07) is 4.20. The van der Waals surface area contributed by atoms with Gasteiger partial charge in [-0.3, -0.25) is 14.9 Å². The van der Waals surface area contributed by atoms with Crippen molar-refractivity contribution in [2.45, 2.75) is 31.8 Å². The van der Waals surface area contributed by atoms with Gasteiger partial charge in [0.2, 0.25) is 5.91 Å². The van der Waals surface area contributed by atoms with Gasteiger partial charge < -0.3 is 10.1 Å². The van der Waals surface area contributed by atoms with E-state index in [9.17, 15) is 14.9 Å². The average molecular weight is 299 g/mol. The molecule has 0 aromatic heterocycles. The van der Waals surface area contributed by atoms with Crippen LogP contribution in [0.3, 0.4) is 0 Å². The Labute approximate surface area is 121 Å². The lowest BCUT2D eigenvalue weighted by atomic mass is 10.1. The lowest BCUT2D eigenvalue weighted by molar-refractivity contribution is -0.384. The van der Waals surface area contributed by atoms with Crippen LogP contribution in [-0.2, 0) is 9.53 Å². The fourth-order valence-electron chi connectivity index (χ4n) is 2.12. The predicted octanol–water partition coefficient (Wildman–Crippen LogP) is 3.15. The van der Waals surface area contributed by atoms with Crippen molar-refractivity contribution in [2.75, 3.05) is 11.9 Å². The summed E-state index contributed by atoms with van der Waals surface area (Å²) in [5, 5.41) is 13.4. The second-order valence-electron chi connectivity index (χ2n) is 4.65. The number of nitrogens with one attached hydrogen (secondary N) is 1. The molecule has 1 fully saturated rings. The number of rotatable bonds is 5. The van der Waals surface area contributed by atoms with Crippen LogP contribution in [0, 0.1) is 10.1 Å². The van der Waals surface area contributed by atoms with E-state index in [1.54, 1.807) is 6.07 Å². The number of halogens is 1. The van der Waals surface area contributed by atoms with Crippen molar-refractivity contribution in [1.29, 1.82) is 0 Å². The monoisotopic (exact) mass is 298 g/mol. The minimum absolute atomic E-state index is 0.0485. The van der Waals surface area contributed by atoms with Crippen LogP contribution in [-0.4, -0.2) is 23.5 Å². The van der Waals surface area contributed by atoms with Crippen LogP contribution in [0.15, 0.2) is 18.2 Å². The van der Waals surface area contributed by atoms with Gasteiger partial charge in [-0.05, 0) is 31.4 Å². The van der Waals surface area contributed by atoms with Gasteiger partial charge in [-0.25, -0.2) is 0 Å². The molecule has 1 heterocycles. The molecule has 0 saturated carbocycles. The summed E-state index contributed by atoms with van der Waals surface area (Å²) >= 11 is 5.70. The summed E-state index contributed by atoms with van der Waals surface area (Å²) in [5.41, 5.74) is 0.155. The molecule has 1 atom stereocenters. The van der Waals surface area contributed by atoms with Gasteiger partial charge in [0.05, 0.1) is 11.0 Å². The maximum Gasteiger partial charge on any atom is 0.289 e. The van der Waals surface area contributed by atoms with Crippen molar-refractivity contribution in [1.82, 2.24) is 0 Å². The first-order chi connectivity index (χ1) is 9.56. The molecule has 0 spiro atoms. The molecule has 1 saturated heterocycles. The Kier molecular flexibility index (Phi) is 4.92. The van der Waals surface area contributed by atoms with Crippen molar-refractivity contribution in [3.05, 3.63) is 33.3 Å². The summed E-state index contributed by atoms with van der Waals surface area (Å²) < 4.78 is 5.43. The molecule has 0 aliphatic carbocycles. The number of hydrogen-bond donors (Lipinski definition) is 1. The minimum Gasteiger partial charge on any atom is -0.378 e. The zero-order valence-corrected chi connectivity index (χ0v) is 11.6. The Morgan fingerprint density at radius 1 is 1.55 bits per heavy atom. The number of hydrogen-bond acceptors (Lipinski definition) is 4. The molecule has 1 aliphatic rings. The van der Waals surface area contributed by atoms with E-state index in [4.69, 9.17) is 16.3 Å². The van der Waals surface area contributed by atoms with Crippen LogP contribution >= 0.6 is 11.6 Å². The third-order valence-corrected chi connectivity index (χ3v) is 3.46. The van der Waals surface area contributed by atoms with Gasteiger partial charge in [0.15, 0.2) is 0 Å². The van der Waals surface area contributed by atoms with E-state index in [0.717, 1.165) is 19.4 Å². The molecule has 1 aromatic rings. The third-order valence-electron chi connectivity index (χ3n) is 3.14. The van der Waals surface area contributed by atoms with Crippen molar-refractivity contribution >= 4 is 28.9 Å². The highest BCUT2D eigenvalue weighted by molar-refractivity contribution is 6.32. The Morgan fingerprint density at radius 2 is 2.35 bits per heavy atom. The van der Waals surface area contributed by atoms with Crippen LogP contribution in [0.4, 0.5) is 11.4 Å². The minimum atomic E-state index is -0.579. The maximum absolute atomic E-state index is 11.8. The predicted molar refractivity (Wildman–Crippen MR) is 74.9 cm³/mol. The second kappa shape index (κ2) is 6.67. The number of carbonyl (C=O) groups excluding carboxylic acids is 1. The Hall–Kier alpha value is -1.66. The van der Waals surface area contributed by atoms with Gasteiger partial charge in [0.25, 0.3) is 5.69 Å². The van der Waals surface area contributed by atoms with Gasteiger partial charge >= 0.3 is 0 Å². The summed E-state index contributed by atoms with van der Waals surface area (Å²) in [7, 11) is 0. The number of amides is 1. The largest absolute Gasteiger partial charge is 0.378 e. The summed E-state index contributed by atoms with van der Waals surface area (Å²) in [4.78, 5) is 21.9. The lowest BCUT2D eigenvalue weighted by Crippen LogP contribution is -2.15. The molecule has 1 aliphatic heterocycles. The van der Waals surface area contributed by atoms with Crippen molar-refractivity contribution in [3.63, 3.8) is 0 Å². The fourth-order valence-corrected chi connectivity index (χ4v) is 2.30. The Morgan fingerprint density at radius 3 is 3.00 bits per heavy atom. The molecule has 1 unspecified atom stereocenters. The molecule has 108 valence electrons. The lowest BCUT2D eigenvalue weighted by Gasteiger charge is -2.09. The zero-order chi connectivity index (χ0) is 14.5. The van der Waals surface area contributed by atoms with Crippen LogP contribution in [0.5, 0.6) is 0 Å². The van der Waals surface area contributed by atoms with Crippen molar-refractivity contribution in [2.24, 2.45) is 0 Å². The first kappa shape index (κ1) is 14.7. The molecular weight excluding hydrogens is 284 g/mol. The second-order valence-corrected chi connectivity index (χ2v) is 5.05. The smallest absolute Gasteiger partial charge is 0.289 e. The molecule has 20 heavy (non-hydrogen) atoms. The summed E-state index contributed by atoms with van der Waals surface area (Å²) in [6.07, 6.45) is 3.18. The number of nitro benzene ring substituents is 1. The first-order valence-electron chi connectivity index (χ1n) is 6.41. The van der Waals surface area contributed by atoms with Crippen LogP contribution < -0.4 is 5.32 Å². The van der Waals surface area contributed by atoms with Crippen molar-refractivity contribution in [3.8, 4) is 0 Å². The topological polar surface area (TPSA) is 81.5 Å². The van der Waals surface area contributed by atoms with Gasteiger partial charge in [-0.2, -0.15) is 0 Å². The molecule has 7 heteroatoms. The number of ether oxygens (including phenoxy) is 1. The normalized spacial score (nSPS) is 17.9. The van der Waals surface area contributed by atoms with E-state index in [0.29, 0.717) is 18.5 Å². The van der Waals surface area contributed by atoms with Gasteiger partial charge in [-0.15, -0.1) is 0 Å². The van der Waals surface area contributed by atoms with Crippen molar-refractivity contribution < 1.29 is 14.5 Å². The van der Waals surface area contributed by atoms with E-state index in [1.165, 1.54) is 12.1 Å². The quantitative estimate of drug-likeness (QED) is 0.669. The molecule has 6 nitrogen and oxygen atoms in total.